The molecule has 0 saturated carbocycles. The number of amides is 1. The van der Waals surface area contributed by atoms with Gasteiger partial charge in [0.2, 0.25) is 0 Å². The highest BCUT2D eigenvalue weighted by molar-refractivity contribution is 6.02. The van der Waals surface area contributed by atoms with Gasteiger partial charge in [-0.15, -0.1) is 10.2 Å². The van der Waals surface area contributed by atoms with Crippen LogP contribution in [0.5, 0.6) is 0 Å². The Kier molecular flexibility index (Phi) is 5.38. The molecule has 1 aliphatic heterocycles. The third kappa shape index (κ3) is 3.89. The number of hydrogen-bond donors (Lipinski definition) is 2. The summed E-state index contributed by atoms with van der Waals surface area (Å²) < 4.78 is 0. The van der Waals surface area contributed by atoms with Crippen LogP contribution in [0.3, 0.4) is 0 Å². The van der Waals surface area contributed by atoms with E-state index in [1.807, 2.05) is 36.4 Å². The monoisotopic (exact) mass is 326 g/mol. The van der Waals surface area contributed by atoms with E-state index in [1.54, 1.807) is 6.07 Å². The number of anilines is 2. The number of rotatable bonds is 5. The molecule has 6 nitrogen and oxygen atoms in total. The molecule has 1 fully saturated rings. The minimum absolute atomic E-state index is 0.173. The number of aliphatic hydroxyl groups is 1. The number of aliphatic hydroxyl groups excluding tert-OH is 1. The van der Waals surface area contributed by atoms with E-state index < -0.39 is 0 Å². The standard InChI is InChI=1S/C18H22N4O2/c23-13-11-15-8-4-5-12-22(15)17-10-9-16(20-21-17)18(24)19-14-6-2-1-3-7-14/h1-3,6-7,9-10,15,23H,4-5,8,11-13H2,(H,19,24). The molecule has 1 atom stereocenters. The average molecular weight is 326 g/mol. The number of carbonyl (C=O) groups is 1. The average Bonchev–Trinajstić information content (AvgIpc) is 2.63. The lowest BCUT2D eigenvalue weighted by atomic mass is 10.00. The number of nitrogens with zero attached hydrogens (tertiary/aromatic N) is 3. The zero-order valence-corrected chi connectivity index (χ0v) is 13.6. The van der Waals surface area contributed by atoms with E-state index in [1.165, 1.54) is 6.42 Å². The van der Waals surface area contributed by atoms with Crippen molar-refractivity contribution in [1.29, 1.82) is 0 Å². The molecule has 2 heterocycles. The van der Waals surface area contributed by atoms with Gasteiger partial charge in [0, 0.05) is 24.9 Å². The highest BCUT2D eigenvalue weighted by atomic mass is 16.3. The van der Waals surface area contributed by atoms with Gasteiger partial charge in [0.25, 0.3) is 5.91 Å². The topological polar surface area (TPSA) is 78.4 Å². The van der Waals surface area contributed by atoms with Gasteiger partial charge in [-0.3, -0.25) is 4.79 Å². The van der Waals surface area contributed by atoms with Gasteiger partial charge in [-0.05, 0) is 49.9 Å². The molecule has 0 radical (unpaired) electrons. The highest BCUT2D eigenvalue weighted by Gasteiger charge is 2.23. The molecular weight excluding hydrogens is 304 g/mol. The van der Waals surface area contributed by atoms with Crippen molar-refractivity contribution in [3.05, 3.63) is 48.2 Å². The molecular formula is C18H22N4O2. The largest absolute Gasteiger partial charge is 0.396 e. The molecule has 1 aromatic heterocycles. The molecule has 2 aromatic rings. The van der Waals surface area contributed by atoms with Crippen LogP contribution in [0.2, 0.25) is 0 Å². The second-order valence-electron chi connectivity index (χ2n) is 5.95. The van der Waals surface area contributed by atoms with Crippen LogP contribution >= 0.6 is 0 Å². The zero-order chi connectivity index (χ0) is 16.8. The summed E-state index contributed by atoms with van der Waals surface area (Å²) in [5.41, 5.74) is 1.02. The summed E-state index contributed by atoms with van der Waals surface area (Å²) in [4.78, 5) is 14.4. The molecule has 1 amide bonds. The van der Waals surface area contributed by atoms with Crippen molar-refractivity contribution in [2.75, 3.05) is 23.4 Å². The number of aromatic nitrogens is 2. The van der Waals surface area contributed by atoms with Gasteiger partial charge in [-0.1, -0.05) is 18.2 Å². The van der Waals surface area contributed by atoms with Gasteiger partial charge in [-0.25, -0.2) is 0 Å². The van der Waals surface area contributed by atoms with Crippen molar-refractivity contribution in [3.63, 3.8) is 0 Å². The van der Waals surface area contributed by atoms with Gasteiger partial charge in [0.1, 0.15) is 0 Å². The molecule has 24 heavy (non-hydrogen) atoms. The maximum atomic E-state index is 12.2. The van der Waals surface area contributed by atoms with Crippen LogP contribution in [-0.4, -0.2) is 40.4 Å². The van der Waals surface area contributed by atoms with E-state index in [4.69, 9.17) is 0 Å². The minimum Gasteiger partial charge on any atom is -0.396 e. The Hall–Kier alpha value is -2.47. The van der Waals surface area contributed by atoms with Crippen LogP contribution in [0.1, 0.15) is 36.2 Å². The van der Waals surface area contributed by atoms with Gasteiger partial charge in [0.15, 0.2) is 11.5 Å². The number of hydrogen-bond acceptors (Lipinski definition) is 5. The first kappa shape index (κ1) is 16.4. The first-order valence-electron chi connectivity index (χ1n) is 8.35. The maximum absolute atomic E-state index is 12.2. The van der Waals surface area contributed by atoms with E-state index in [2.05, 4.69) is 20.4 Å². The molecule has 2 N–H and O–H groups in total. The Balaban J connectivity index is 1.69. The third-order valence-electron chi connectivity index (χ3n) is 4.30. The van der Waals surface area contributed by atoms with E-state index in [0.29, 0.717) is 11.7 Å². The zero-order valence-electron chi connectivity index (χ0n) is 13.6. The normalized spacial score (nSPS) is 17.5. The Morgan fingerprint density at radius 1 is 1.17 bits per heavy atom. The first-order chi connectivity index (χ1) is 11.8. The number of piperidine rings is 1. The lowest BCUT2D eigenvalue weighted by Gasteiger charge is -2.36. The molecule has 6 heteroatoms. The summed E-state index contributed by atoms with van der Waals surface area (Å²) >= 11 is 0. The van der Waals surface area contributed by atoms with Crippen molar-refractivity contribution >= 4 is 17.4 Å². The van der Waals surface area contributed by atoms with Crippen LogP contribution in [-0.2, 0) is 0 Å². The summed E-state index contributed by atoms with van der Waals surface area (Å²) in [6, 6.07) is 13.1. The minimum atomic E-state index is -0.272. The van der Waals surface area contributed by atoms with Crippen molar-refractivity contribution in [3.8, 4) is 0 Å². The molecule has 0 bridgehead atoms. The Morgan fingerprint density at radius 3 is 2.71 bits per heavy atom. The molecule has 1 aliphatic rings. The van der Waals surface area contributed by atoms with Crippen molar-refractivity contribution in [2.24, 2.45) is 0 Å². The number of carbonyl (C=O) groups excluding carboxylic acids is 1. The van der Waals surface area contributed by atoms with Gasteiger partial charge < -0.3 is 15.3 Å². The quantitative estimate of drug-likeness (QED) is 0.882. The fourth-order valence-electron chi connectivity index (χ4n) is 3.07. The fourth-order valence-corrected chi connectivity index (χ4v) is 3.07. The third-order valence-corrected chi connectivity index (χ3v) is 4.30. The SMILES string of the molecule is O=C(Nc1ccccc1)c1ccc(N2CCCCC2CCO)nn1. The van der Waals surface area contributed by atoms with Gasteiger partial charge in [-0.2, -0.15) is 0 Å². The van der Waals surface area contributed by atoms with Crippen molar-refractivity contribution in [2.45, 2.75) is 31.7 Å². The van der Waals surface area contributed by atoms with Crippen molar-refractivity contribution < 1.29 is 9.90 Å². The molecule has 126 valence electrons. The predicted molar refractivity (Wildman–Crippen MR) is 93.1 cm³/mol. The van der Waals surface area contributed by atoms with Crippen molar-refractivity contribution in [1.82, 2.24) is 10.2 Å². The molecule has 1 unspecified atom stereocenters. The molecule has 1 saturated heterocycles. The summed E-state index contributed by atoms with van der Waals surface area (Å²) in [6.45, 7) is 1.08. The van der Waals surface area contributed by atoms with Crippen LogP contribution in [0.25, 0.3) is 0 Å². The Bertz CT molecular complexity index is 658. The Morgan fingerprint density at radius 2 is 2.00 bits per heavy atom. The van der Waals surface area contributed by atoms with Crippen LogP contribution in [0, 0.1) is 0 Å². The summed E-state index contributed by atoms with van der Waals surface area (Å²) in [7, 11) is 0. The van der Waals surface area contributed by atoms with Crippen LogP contribution < -0.4 is 10.2 Å². The Labute approximate surface area is 141 Å². The summed E-state index contributed by atoms with van der Waals surface area (Å²) in [5.74, 6) is 0.496. The molecule has 0 spiro atoms. The van der Waals surface area contributed by atoms with E-state index in [9.17, 15) is 9.90 Å². The van der Waals surface area contributed by atoms with Gasteiger partial charge >= 0.3 is 0 Å². The van der Waals surface area contributed by atoms with Crippen LogP contribution in [0.4, 0.5) is 11.5 Å². The molecule has 3 rings (SSSR count). The number of para-hydroxylation sites is 1. The summed E-state index contributed by atoms with van der Waals surface area (Å²) in [5, 5.41) is 20.3. The lowest BCUT2D eigenvalue weighted by molar-refractivity contribution is 0.102. The van der Waals surface area contributed by atoms with Crippen LogP contribution in [0.15, 0.2) is 42.5 Å². The smallest absolute Gasteiger partial charge is 0.276 e. The van der Waals surface area contributed by atoms with E-state index in [0.717, 1.165) is 37.3 Å². The molecule has 0 aliphatic carbocycles. The first-order valence-corrected chi connectivity index (χ1v) is 8.35. The highest BCUT2D eigenvalue weighted by Crippen LogP contribution is 2.24. The second kappa shape index (κ2) is 7.88. The molecule has 1 aromatic carbocycles. The maximum Gasteiger partial charge on any atom is 0.276 e. The van der Waals surface area contributed by atoms with E-state index >= 15 is 0 Å². The van der Waals surface area contributed by atoms with Gasteiger partial charge in [0.05, 0.1) is 0 Å². The lowest BCUT2D eigenvalue weighted by Crippen LogP contribution is -2.40. The number of nitrogens with one attached hydrogen (secondary N) is 1. The second-order valence-corrected chi connectivity index (χ2v) is 5.95. The summed E-state index contributed by atoms with van der Waals surface area (Å²) in [6.07, 6.45) is 4.07. The predicted octanol–water partition coefficient (Wildman–Crippen LogP) is 2.47. The fraction of sp³-hybridized carbons (Fsp3) is 0.389. The van der Waals surface area contributed by atoms with E-state index in [-0.39, 0.29) is 12.5 Å². The number of benzene rings is 1.